The molecule has 0 bridgehead atoms. The van der Waals surface area contributed by atoms with Gasteiger partial charge in [0.2, 0.25) is 0 Å². The Balaban J connectivity index is 3.29. The van der Waals surface area contributed by atoms with Gasteiger partial charge in [-0.05, 0) is 43.7 Å². The van der Waals surface area contributed by atoms with Gasteiger partial charge in [0.1, 0.15) is 0 Å². The highest BCUT2D eigenvalue weighted by atomic mass is 32.1. The zero-order chi connectivity index (χ0) is 14.3. The number of ether oxygens (including phenoxy) is 2. The third-order valence-corrected chi connectivity index (χ3v) is 2.88. The quantitative estimate of drug-likeness (QED) is 0.478. The molecule has 0 amide bonds. The van der Waals surface area contributed by atoms with Crippen LogP contribution in [0.2, 0.25) is 0 Å². The maximum atomic E-state index is 5.32. The van der Waals surface area contributed by atoms with Crippen LogP contribution in [-0.2, 0) is 9.47 Å². The monoisotopic (exact) mass is 306 g/mol. The molecule has 0 atom stereocenters. The van der Waals surface area contributed by atoms with Gasteiger partial charge >= 0.3 is 0 Å². The van der Waals surface area contributed by atoms with Gasteiger partial charge in [-0.15, -0.1) is 0 Å². The van der Waals surface area contributed by atoms with Crippen molar-refractivity contribution in [3.8, 4) is 0 Å². The van der Waals surface area contributed by atoms with E-state index in [1.165, 1.54) is 0 Å². The van der Waals surface area contributed by atoms with Gasteiger partial charge < -0.3 is 20.1 Å². The lowest BCUT2D eigenvalue weighted by atomic mass is 10.4. The van der Waals surface area contributed by atoms with Gasteiger partial charge in [0.15, 0.2) is 0 Å². The molecule has 112 valence electrons. The molecule has 0 aliphatic carbocycles. The van der Waals surface area contributed by atoms with E-state index in [2.05, 4.69) is 24.5 Å². The summed E-state index contributed by atoms with van der Waals surface area (Å²) in [5, 5.41) is 7.07. The van der Waals surface area contributed by atoms with Gasteiger partial charge in [-0.1, -0.05) is 26.7 Å². The van der Waals surface area contributed by atoms with Gasteiger partial charge in [0, 0.05) is 13.1 Å². The van der Waals surface area contributed by atoms with Crippen LogP contribution < -0.4 is 10.6 Å². The number of unbranched alkanes of at least 4 members (excludes halogenated alkanes) is 2. The van der Waals surface area contributed by atoms with E-state index in [4.69, 9.17) is 33.9 Å². The fraction of sp³-hybridized carbons (Fsp3) is 0.846. The predicted octanol–water partition coefficient (Wildman–Crippen LogP) is 2.76. The van der Waals surface area contributed by atoms with Crippen LogP contribution in [0.5, 0.6) is 0 Å². The van der Waals surface area contributed by atoms with E-state index < -0.39 is 0 Å². The van der Waals surface area contributed by atoms with Crippen molar-refractivity contribution in [2.24, 2.45) is 0 Å². The molecule has 0 spiro atoms. The topological polar surface area (TPSA) is 42.5 Å². The molecule has 0 aliphatic heterocycles. The Morgan fingerprint density at radius 2 is 1.21 bits per heavy atom. The average molecular weight is 306 g/mol. The summed E-state index contributed by atoms with van der Waals surface area (Å²) in [6, 6.07) is 0. The summed E-state index contributed by atoms with van der Waals surface area (Å²) in [5.74, 6) is 0. The standard InChI is InChI=1S/C13H26N2O2S2/c1-3-5-10-16-12(18)14-8-7-9-15-13(19)17-11-6-4-2/h3-11H2,1-2H3,(H,14,18)(H,15,19). The average Bonchev–Trinajstić information content (AvgIpc) is 2.39. The second-order valence-corrected chi connectivity index (χ2v) is 4.93. The van der Waals surface area contributed by atoms with Crippen LogP contribution in [0.1, 0.15) is 46.0 Å². The zero-order valence-electron chi connectivity index (χ0n) is 12.0. The fourth-order valence-electron chi connectivity index (χ4n) is 1.19. The minimum Gasteiger partial charge on any atom is -0.471 e. The molecule has 0 radical (unpaired) electrons. The van der Waals surface area contributed by atoms with Crippen LogP contribution in [0.3, 0.4) is 0 Å². The molecule has 4 nitrogen and oxygen atoms in total. The number of thiocarbonyl (C=S) groups is 2. The Morgan fingerprint density at radius 3 is 1.58 bits per heavy atom. The van der Waals surface area contributed by atoms with Crippen LogP contribution in [0.15, 0.2) is 0 Å². The van der Waals surface area contributed by atoms with E-state index in [9.17, 15) is 0 Å². The van der Waals surface area contributed by atoms with Crippen molar-refractivity contribution in [2.75, 3.05) is 26.3 Å². The van der Waals surface area contributed by atoms with Crippen molar-refractivity contribution < 1.29 is 9.47 Å². The molecule has 0 saturated heterocycles. The fourth-order valence-corrected chi connectivity index (χ4v) is 1.56. The van der Waals surface area contributed by atoms with Gasteiger partial charge in [0.05, 0.1) is 13.2 Å². The molecule has 0 fully saturated rings. The van der Waals surface area contributed by atoms with Crippen molar-refractivity contribution in [3.63, 3.8) is 0 Å². The molecule has 0 heterocycles. The Bertz CT molecular complexity index is 227. The summed E-state index contributed by atoms with van der Waals surface area (Å²) < 4.78 is 10.6. The van der Waals surface area contributed by atoms with Crippen LogP contribution in [0.4, 0.5) is 0 Å². The van der Waals surface area contributed by atoms with Crippen LogP contribution in [0, 0.1) is 0 Å². The molecule has 19 heavy (non-hydrogen) atoms. The summed E-state index contributed by atoms with van der Waals surface area (Å²) in [5.41, 5.74) is 0. The Labute approximate surface area is 127 Å². The lowest BCUT2D eigenvalue weighted by Crippen LogP contribution is -2.30. The number of rotatable bonds is 10. The molecule has 0 rings (SSSR count). The van der Waals surface area contributed by atoms with Crippen LogP contribution >= 0.6 is 24.4 Å². The molecular formula is C13H26N2O2S2. The first-order chi connectivity index (χ1) is 9.20. The highest BCUT2D eigenvalue weighted by Crippen LogP contribution is 1.90. The van der Waals surface area contributed by atoms with Crippen LogP contribution in [0.25, 0.3) is 0 Å². The zero-order valence-corrected chi connectivity index (χ0v) is 13.6. The first-order valence-corrected chi connectivity index (χ1v) is 7.83. The van der Waals surface area contributed by atoms with E-state index in [0.717, 1.165) is 45.2 Å². The summed E-state index contributed by atoms with van der Waals surface area (Å²) >= 11 is 10.1. The molecule has 2 N–H and O–H groups in total. The minimum absolute atomic E-state index is 0.482. The van der Waals surface area contributed by atoms with E-state index in [1.54, 1.807) is 0 Å². The number of hydrogen-bond acceptors (Lipinski definition) is 4. The highest BCUT2D eigenvalue weighted by Gasteiger charge is 1.98. The van der Waals surface area contributed by atoms with Gasteiger partial charge in [-0.3, -0.25) is 0 Å². The maximum absolute atomic E-state index is 5.32. The van der Waals surface area contributed by atoms with Crippen molar-refractivity contribution in [3.05, 3.63) is 0 Å². The smallest absolute Gasteiger partial charge is 0.256 e. The first-order valence-electron chi connectivity index (χ1n) is 7.02. The largest absolute Gasteiger partial charge is 0.471 e. The molecule has 0 aromatic carbocycles. The predicted molar refractivity (Wildman–Crippen MR) is 87.5 cm³/mol. The third kappa shape index (κ3) is 13.6. The number of nitrogens with one attached hydrogen (secondary N) is 2. The van der Waals surface area contributed by atoms with Crippen molar-refractivity contribution >= 4 is 34.8 Å². The molecule has 0 saturated carbocycles. The molecule has 0 unspecified atom stereocenters. The third-order valence-electron chi connectivity index (χ3n) is 2.35. The second-order valence-electron chi connectivity index (χ2n) is 4.19. The maximum Gasteiger partial charge on any atom is 0.256 e. The summed E-state index contributed by atoms with van der Waals surface area (Å²) in [6.45, 7) is 7.17. The van der Waals surface area contributed by atoms with Gasteiger partial charge in [0.25, 0.3) is 10.3 Å². The SMILES string of the molecule is CCCCOC(=S)NCCCNC(=S)OCCCC. The lowest BCUT2D eigenvalue weighted by Gasteiger charge is -2.11. The molecule has 0 aliphatic rings. The molecule has 6 heteroatoms. The second kappa shape index (κ2) is 13.8. The molecule has 0 aromatic rings. The Hall–Kier alpha value is -0.620. The molecular weight excluding hydrogens is 280 g/mol. The minimum atomic E-state index is 0.482. The Kier molecular flexibility index (Phi) is 13.4. The van der Waals surface area contributed by atoms with Gasteiger partial charge in [-0.2, -0.15) is 0 Å². The summed E-state index contributed by atoms with van der Waals surface area (Å²) in [6.07, 6.45) is 5.21. The van der Waals surface area contributed by atoms with E-state index >= 15 is 0 Å². The summed E-state index contributed by atoms with van der Waals surface area (Å²) in [4.78, 5) is 0. The lowest BCUT2D eigenvalue weighted by molar-refractivity contribution is 0.288. The van der Waals surface area contributed by atoms with E-state index in [1.807, 2.05) is 0 Å². The Morgan fingerprint density at radius 1 is 0.789 bits per heavy atom. The number of hydrogen-bond donors (Lipinski definition) is 2. The van der Waals surface area contributed by atoms with Gasteiger partial charge in [-0.25, -0.2) is 0 Å². The molecule has 0 aromatic heterocycles. The van der Waals surface area contributed by atoms with E-state index in [0.29, 0.717) is 23.6 Å². The van der Waals surface area contributed by atoms with Crippen molar-refractivity contribution in [2.45, 2.75) is 46.0 Å². The first kappa shape index (κ1) is 18.4. The normalized spacial score (nSPS) is 9.79. The summed E-state index contributed by atoms with van der Waals surface area (Å²) in [7, 11) is 0. The van der Waals surface area contributed by atoms with Crippen LogP contribution in [-0.4, -0.2) is 36.7 Å². The highest BCUT2D eigenvalue weighted by molar-refractivity contribution is 7.80. The van der Waals surface area contributed by atoms with E-state index in [-0.39, 0.29) is 0 Å². The van der Waals surface area contributed by atoms with Crippen molar-refractivity contribution in [1.82, 2.24) is 10.6 Å². The van der Waals surface area contributed by atoms with Crippen molar-refractivity contribution in [1.29, 1.82) is 0 Å².